The Kier molecular flexibility index (Phi) is 3.16. The van der Waals surface area contributed by atoms with Gasteiger partial charge in [-0.05, 0) is 38.1 Å². The smallest absolute Gasteiger partial charge is 0.337 e. The van der Waals surface area contributed by atoms with Crippen LogP contribution < -0.4 is 0 Å². The third kappa shape index (κ3) is 2.44. The second-order valence-electron chi connectivity index (χ2n) is 4.90. The zero-order chi connectivity index (χ0) is 13.2. The van der Waals surface area contributed by atoms with Crippen molar-refractivity contribution < 1.29 is 9.90 Å². The van der Waals surface area contributed by atoms with Gasteiger partial charge in [-0.1, -0.05) is 6.42 Å². The highest BCUT2D eigenvalue weighted by atomic mass is 16.4. The summed E-state index contributed by atoms with van der Waals surface area (Å²) < 4.78 is 1.78. The van der Waals surface area contributed by atoms with Crippen LogP contribution in [-0.2, 0) is 6.54 Å². The third-order valence-corrected chi connectivity index (χ3v) is 3.53. The molecule has 3 rings (SSSR count). The molecule has 100 valence electrons. The fourth-order valence-corrected chi connectivity index (χ4v) is 2.49. The molecular weight excluding hydrogens is 244 g/mol. The van der Waals surface area contributed by atoms with Crippen molar-refractivity contribution >= 4 is 11.6 Å². The molecule has 6 heteroatoms. The summed E-state index contributed by atoms with van der Waals surface area (Å²) in [4.78, 5) is 13.3. The number of carboxylic acids is 1. The molecule has 0 saturated carbocycles. The third-order valence-electron chi connectivity index (χ3n) is 3.53. The number of hydrogen-bond donors (Lipinski definition) is 1. The Bertz CT molecular complexity index is 602. The van der Waals surface area contributed by atoms with E-state index in [4.69, 9.17) is 5.11 Å². The van der Waals surface area contributed by atoms with Gasteiger partial charge in [0.15, 0.2) is 11.5 Å². The maximum Gasteiger partial charge on any atom is 0.337 e. The monoisotopic (exact) mass is 260 g/mol. The van der Waals surface area contributed by atoms with Gasteiger partial charge in [0, 0.05) is 6.20 Å². The molecule has 1 aliphatic heterocycles. The maximum absolute atomic E-state index is 11.0. The molecule has 1 aliphatic rings. The molecule has 3 heterocycles. The summed E-state index contributed by atoms with van der Waals surface area (Å²) >= 11 is 0. The Morgan fingerprint density at radius 3 is 2.74 bits per heavy atom. The number of fused-ring (bicyclic) bond motifs is 1. The van der Waals surface area contributed by atoms with Crippen LogP contribution in [0.15, 0.2) is 18.3 Å². The molecule has 1 fully saturated rings. The largest absolute Gasteiger partial charge is 0.478 e. The number of carboxylic acid groups (broad SMARTS) is 1. The lowest BCUT2D eigenvalue weighted by Crippen LogP contribution is -2.29. The molecule has 0 spiro atoms. The standard InChI is InChI=1S/C13H16N4O2/c18-13(19)10-4-5-11-14-15-12(17(11)8-10)9-16-6-2-1-3-7-16/h4-5,8H,1-3,6-7,9H2,(H,18,19). The molecule has 19 heavy (non-hydrogen) atoms. The van der Waals surface area contributed by atoms with Crippen LogP contribution in [0.5, 0.6) is 0 Å². The second-order valence-corrected chi connectivity index (χ2v) is 4.90. The van der Waals surface area contributed by atoms with Crippen molar-refractivity contribution in [2.24, 2.45) is 0 Å². The minimum Gasteiger partial charge on any atom is -0.478 e. The van der Waals surface area contributed by atoms with Gasteiger partial charge in [0.25, 0.3) is 0 Å². The Hall–Kier alpha value is -1.95. The van der Waals surface area contributed by atoms with Gasteiger partial charge in [0.1, 0.15) is 0 Å². The number of hydrogen-bond acceptors (Lipinski definition) is 4. The average molecular weight is 260 g/mol. The lowest BCUT2D eigenvalue weighted by Gasteiger charge is -2.25. The predicted molar refractivity (Wildman–Crippen MR) is 69.1 cm³/mol. The fraction of sp³-hybridized carbons (Fsp3) is 0.462. The summed E-state index contributed by atoms with van der Waals surface area (Å²) in [6.45, 7) is 2.88. The first-order valence-corrected chi connectivity index (χ1v) is 6.53. The second kappa shape index (κ2) is 4.97. The van der Waals surface area contributed by atoms with Crippen molar-refractivity contribution in [3.63, 3.8) is 0 Å². The van der Waals surface area contributed by atoms with Gasteiger partial charge in [-0.3, -0.25) is 9.30 Å². The molecule has 2 aromatic heterocycles. The Morgan fingerprint density at radius 2 is 2.00 bits per heavy atom. The molecule has 1 saturated heterocycles. The van der Waals surface area contributed by atoms with Gasteiger partial charge in [0.2, 0.25) is 0 Å². The van der Waals surface area contributed by atoms with Crippen molar-refractivity contribution in [2.75, 3.05) is 13.1 Å². The van der Waals surface area contributed by atoms with Crippen molar-refractivity contribution in [1.29, 1.82) is 0 Å². The molecule has 0 amide bonds. The highest BCUT2D eigenvalue weighted by Crippen LogP contribution is 2.13. The summed E-state index contributed by atoms with van der Waals surface area (Å²) in [5.74, 6) is -0.125. The topological polar surface area (TPSA) is 70.7 Å². The van der Waals surface area contributed by atoms with Gasteiger partial charge in [-0.2, -0.15) is 0 Å². The Labute approximate surface area is 110 Å². The average Bonchev–Trinajstić information content (AvgIpc) is 2.82. The van der Waals surface area contributed by atoms with E-state index >= 15 is 0 Å². The van der Waals surface area contributed by atoms with E-state index < -0.39 is 5.97 Å². The van der Waals surface area contributed by atoms with E-state index in [1.54, 1.807) is 22.7 Å². The Morgan fingerprint density at radius 1 is 1.21 bits per heavy atom. The summed E-state index contributed by atoms with van der Waals surface area (Å²) in [5, 5.41) is 17.3. The maximum atomic E-state index is 11.0. The molecule has 0 atom stereocenters. The van der Waals surface area contributed by atoms with E-state index in [1.807, 2.05) is 0 Å². The molecule has 0 aromatic carbocycles. The number of aromatic carboxylic acids is 1. The first kappa shape index (κ1) is 12.1. The van der Waals surface area contributed by atoms with Crippen LogP contribution in [0.4, 0.5) is 0 Å². The first-order valence-electron chi connectivity index (χ1n) is 6.53. The number of rotatable bonds is 3. The van der Waals surface area contributed by atoms with E-state index in [-0.39, 0.29) is 5.56 Å². The fourth-order valence-electron chi connectivity index (χ4n) is 2.49. The predicted octanol–water partition coefficient (Wildman–Crippen LogP) is 1.41. The molecule has 2 aromatic rings. The minimum absolute atomic E-state index is 0.257. The normalized spacial score (nSPS) is 16.8. The van der Waals surface area contributed by atoms with Gasteiger partial charge < -0.3 is 5.11 Å². The van der Waals surface area contributed by atoms with Crippen LogP contribution >= 0.6 is 0 Å². The summed E-state index contributed by atoms with van der Waals surface area (Å²) in [7, 11) is 0. The number of pyridine rings is 1. The summed E-state index contributed by atoms with van der Waals surface area (Å²) in [6.07, 6.45) is 5.32. The quantitative estimate of drug-likeness (QED) is 0.903. The van der Waals surface area contributed by atoms with Crippen molar-refractivity contribution in [1.82, 2.24) is 19.5 Å². The van der Waals surface area contributed by atoms with Crippen LogP contribution in [0.3, 0.4) is 0 Å². The van der Waals surface area contributed by atoms with Crippen LogP contribution in [-0.4, -0.2) is 43.7 Å². The number of nitrogens with zero attached hydrogens (tertiary/aromatic N) is 4. The highest BCUT2D eigenvalue weighted by molar-refractivity contribution is 5.87. The van der Waals surface area contributed by atoms with E-state index in [9.17, 15) is 4.79 Å². The van der Waals surface area contributed by atoms with E-state index in [2.05, 4.69) is 15.1 Å². The van der Waals surface area contributed by atoms with Crippen LogP contribution in [0.2, 0.25) is 0 Å². The minimum atomic E-state index is -0.931. The summed E-state index contributed by atoms with van der Waals surface area (Å²) in [6, 6.07) is 3.24. The number of piperidine rings is 1. The number of aromatic nitrogens is 3. The van der Waals surface area contributed by atoms with Gasteiger partial charge in [0.05, 0.1) is 12.1 Å². The first-order chi connectivity index (χ1) is 9.24. The summed E-state index contributed by atoms with van der Waals surface area (Å²) in [5.41, 5.74) is 0.948. The van der Waals surface area contributed by atoms with Gasteiger partial charge >= 0.3 is 5.97 Å². The molecule has 0 unspecified atom stereocenters. The van der Waals surface area contributed by atoms with Crippen LogP contribution in [0.1, 0.15) is 35.4 Å². The van der Waals surface area contributed by atoms with E-state index in [0.29, 0.717) is 5.65 Å². The molecule has 1 N–H and O–H groups in total. The molecule has 0 bridgehead atoms. The molecule has 6 nitrogen and oxygen atoms in total. The van der Waals surface area contributed by atoms with E-state index in [1.165, 1.54) is 19.3 Å². The zero-order valence-corrected chi connectivity index (χ0v) is 10.6. The lowest BCUT2D eigenvalue weighted by molar-refractivity contribution is 0.0696. The van der Waals surface area contributed by atoms with Gasteiger partial charge in [-0.15, -0.1) is 10.2 Å². The van der Waals surface area contributed by atoms with Crippen molar-refractivity contribution in [2.45, 2.75) is 25.8 Å². The van der Waals surface area contributed by atoms with Crippen molar-refractivity contribution in [3.05, 3.63) is 29.7 Å². The molecule has 0 aliphatic carbocycles. The van der Waals surface area contributed by atoms with Crippen molar-refractivity contribution in [3.8, 4) is 0 Å². The van der Waals surface area contributed by atoms with Crippen LogP contribution in [0.25, 0.3) is 5.65 Å². The SMILES string of the molecule is O=C(O)c1ccc2nnc(CN3CCCCC3)n2c1. The Balaban J connectivity index is 1.89. The van der Waals surface area contributed by atoms with Gasteiger partial charge in [-0.25, -0.2) is 4.79 Å². The lowest BCUT2D eigenvalue weighted by atomic mass is 10.1. The number of carbonyl (C=O) groups is 1. The van der Waals surface area contributed by atoms with Crippen LogP contribution in [0, 0.1) is 0 Å². The number of likely N-dealkylation sites (tertiary alicyclic amines) is 1. The van der Waals surface area contributed by atoms with E-state index in [0.717, 1.165) is 25.5 Å². The highest BCUT2D eigenvalue weighted by Gasteiger charge is 2.15. The zero-order valence-electron chi connectivity index (χ0n) is 10.6. The molecular formula is C13H16N4O2. The molecule has 0 radical (unpaired) electrons.